The van der Waals surface area contributed by atoms with Crippen molar-refractivity contribution in [2.45, 2.75) is 31.7 Å². The maximum absolute atomic E-state index is 12.0. The molecule has 1 atom stereocenters. The van der Waals surface area contributed by atoms with Gasteiger partial charge in [-0.25, -0.2) is 8.42 Å². The minimum absolute atomic E-state index is 0.00767. The van der Waals surface area contributed by atoms with E-state index in [1.807, 2.05) is 20.8 Å². The van der Waals surface area contributed by atoms with Gasteiger partial charge in [0.25, 0.3) is 0 Å². The van der Waals surface area contributed by atoms with Gasteiger partial charge < -0.3 is 5.73 Å². The Morgan fingerprint density at radius 3 is 2.12 bits per heavy atom. The van der Waals surface area contributed by atoms with Gasteiger partial charge in [0.05, 0.1) is 10.6 Å². The lowest BCUT2D eigenvalue weighted by molar-refractivity contribution is 0.516. The monoisotopic (exact) mass is 241 g/mol. The largest absolute Gasteiger partial charge is 0.327 e. The number of hydrogen-bond donors (Lipinski definition) is 1. The Kier molecular flexibility index (Phi) is 4.10. The van der Waals surface area contributed by atoms with Crippen LogP contribution >= 0.6 is 0 Å². The van der Waals surface area contributed by atoms with E-state index in [1.54, 1.807) is 24.3 Å². The lowest BCUT2D eigenvalue weighted by Gasteiger charge is -2.15. The standard InChI is InChI=1S/C12H19NO2S/c1-9(2)12(13)8-16(14,15)11-6-4-10(3)5-7-11/h4-7,9,12H,8,13H2,1-3H3. The van der Waals surface area contributed by atoms with Crippen molar-refractivity contribution in [3.05, 3.63) is 29.8 Å². The van der Waals surface area contributed by atoms with E-state index < -0.39 is 9.84 Å². The number of aryl methyl sites for hydroxylation is 1. The van der Waals surface area contributed by atoms with Crippen LogP contribution in [0.15, 0.2) is 29.2 Å². The Labute approximate surface area is 97.6 Å². The van der Waals surface area contributed by atoms with Crippen LogP contribution in [-0.4, -0.2) is 20.2 Å². The number of benzene rings is 1. The lowest BCUT2D eigenvalue weighted by atomic mass is 10.1. The molecule has 0 spiro atoms. The molecule has 3 nitrogen and oxygen atoms in total. The summed E-state index contributed by atoms with van der Waals surface area (Å²) in [6.45, 7) is 5.78. The fourth-order valence-electron chi connectivity index (χ4n) is 1.29. The molecule has 0 amide bonds. The summed E-state index contributed by atoms with van der Waals surface area (Å²) in [6, 6.07) is 6.56. The highest BCUT2D eigenvalue weighted by Gasteiger charge is 2.20. The molecule has 2 N–H and O–H groups in total. The summed E-state index contributed by atoms with van der Waals surface area (Å²) < 4.78 is 24.0. The predicted molar refractivity (Wildman–Crippen MR) is 66.0 cm³/mol. The van der Waals surface area contributed by atoms with Gasteiger partial charge in [0.2, 0.25) is 0 Å². The minimum atomic E-state index is -3.25. The predicted octanol–water partition coefficient (Wildman–Crippen LogP) is 1.75. The molecular weight excluding hydrogens is 222 g/mol. The van der Waals surface area contributed by atoms with Gasteiger partial charge in [-0.05, 0) is 25.0 Å². The maximum Gasteiger partial charge on any atom is 0.179 e. The fourth-order valence-corrected chi connectivity index (χ4v) is 2.92. The third kappa shape index (κ3) is 3.32. The summed E-state index contributed by atoms with van der Waals surface area (Å²) in [5, 5.41) is 0. The maximum atomic E-state index is 12.0. The van der Waals surface area contributed by atoms with E-state index in [9.17, 15) is 8.42 Å². The first-order valence-electron chi connectivity index (χ1n) is 5.38. The number of sulfone groups is 1. The molecule has 0 aliphatic heterocycles. The molecule has 1 rings (SSSR count). The Bertz CT molecular complexity index is 435. The average Bonchev–Trinajstić information content (AvgIpc) is 2.17. The molecule has 0 radical (unpaired) electrons. The van der Waals surface area contributed by atoms with Crippen molar-refractivity contribution >= 4 is 9.84 Å². The van der Waals surface area contributed by atoms with Crippen molar-refractivity contribution < 1.29 is 8.42 Å². The molecule has 0 heterocycles. The number of hydrogen-bond acceptors (Lipinski definition) is 3. The molecule has 0 fully saturated rings. The van der Waals surface area contributed by atoms with Gasteiger partial charge in [-0.2, -0.15) is 0 Å². The van der Waals surface area contributed by atoms with Gasteiger partial charge in [0.15, 0.2) is 9.84 Å². The van der Waals surface area contributed by atoms with Crippen LogP contribution in [0.4, 0.5) is 0 Å². The molecule has 0 aliphatic rings. The Morgan fingerprint density at radius 2 is 1.69 bits per heavy atom. The van der Waals surface area contributed by atoms with E-state index in [0.29, 0.717) is 4.90 Å². The summed E-state index contributed by atoms with van der Waals surface area (Å²) in [6.07, 6.45) is 0. The molecule has 16 heavy (non-hydrogen) atoms. The summed E-state index contributed by atoms with van der Waals surface area (Å²) >= 11 is 0. The van der Waals surface area contributed by atoms with Crippen LogP contribution in [0.2, 0.25) is 0 Å². The molecule has 4 heteroatoms. The highest BCUT2D eigenvalue weighted by atomic mass is 32.2. The molecule has 0 saturated heterocycles. The third-order valence-corrected chi connectivity index (χ3v) is 4.46. The lowest BCUT2D eigenvalue weighted by Crippen LogP contribution is -2.34. The van der Waals surface area contributed by atoms with Crippen LogP contribution in [0.25, 0.3) is 0 Å². The summed E-state index contributed by atoms with van der Waals surface area (Å²) in [5.41, 5.74) is 6.84. The van der Waals surface area contributed by atoms with E-state index in [4.69, 9.17) is 5.73 Å². The molecule has 0 saturated carbocycles. The molecule has 0 aromatic heterocycles. The third-order valence-electron chi connectivity index (χ3n) is 2.65. The van der Waals surface area contributed by atoms with Gasteiger partial charge in [0.1, 0.15) is 0 Å². The van der Waals surface area contributed by atoms with Gasteiger partial charge >= 0.3 is 0 Å². The number of nitrogens with two attached hydrogens (primary N) is 1. The van der Waals surface area contributed by atoms with E-state index in [2.05, 4.69) is 0 Å². The molecule has 1 unspecified atom stereocenters. The van der Waals surface area contributed by atoms with Crippen LogP contribution in [-0.2, 0) is 9.84 Å². The van der Waals surface area contributed by atoms with Crippen molar-refractivity contribution in [2.75, 3.05) is 5.75 Å². The van der Waals surface area contributed by atoms with E-state index in [1.165, 1.54) is 0 Å². The van der Waals surface area contributed by atoms with E-state index in [0.717, 1.165) is 5.56 Å². The highest BCUT2D eigenvalue weighted by molar-refractivity contribution is 7.91. The van der Waals surface area contributed by atoms with Crippen molar-refractivity contribution in [3.63, 3.8) is 0 Å². The first-order chi connectivity index (χ1) is 7.33. The molecule has 90 valence electrons. The van der Waals surface area contributed by atoms with Gasteiger partial charge in [-0.15, -0.1) is 0 Å². The van der Waals surface area contributed by atoms with Crippen molar-refractivity contribution in [2.24, 2.45) is 11.7 Å². The normalized spacial score (nSPS) is 14.1. The topological polar surface area (TPSA) is 60.2 Å². The highest BCUT2D eigenvalue weighted by Crippen LogP contribution is 2.14. The quantitative estimate of drug-likeness (QED) is 0.873. The first kappa shape index (κ1) is 13.2. The Hall–Kier alpha value is -0.870. The smallest absolute Gasteiger partial charge is 0.179 e. The molecule has 1 aromatic rings. The Balaban J connectivity index is 2.90. The summed E-state index contributed by atoms with van der Waals surface area (Å²) in [5.74, 6) is 0.175. The van der Waals surface area contributed by atoms with E-state index in [-0.39, 0.29) is 17.7 Å². The second kappa shape index (κ2) is 4.97. The van der Waals surface area contributed by atoms with Crippen molar-refractivity contribution in [3.8, 4) is 0 Å². The van der Waals surface area contributed by atoms with Crippen LogP contribution in [0.5, 0.6) is 0 Å². The van der Waals surface area contributed by atoms with Gasteiger partial charge in [-0.3, -0.25) is 0 Å². The summed E-state index contributed by atoms with van der Waals surface area (Å²) in [4.78, 5) is 0.356. The molecule has 0 aliphatic carbocycles. The SMILES string of the molecule is Cc1ccc(S(=O)(=O)CC(N)C(C)C)cc1. The van der Waals surface area contributed by atoms with Crippen LogP contribution in [0, 0.1) is 12.8 Å². The molecular formula is C12H19NO2S. The zero-order valence-electron chi connectivity index (χ0n) is 9.97. The van der Waals surface area contributed by atoms with Crippen LogP contribution in [0.3, 0.4) is 0 Å². The van der Waals surface area contributed by atoms with Gasteiger partial charge in [-0.1, -0.05) is 31.5 Å². The zero-order valence-corrected chi connectivity index (χ0v) is 10.8. The molecule has 0 bridgehead atoms. The second-order valence-electron chi connectivity index (χ2n) is 4.50. The zero-order chi connectivity index (χ0) is 12.3. The van der Waals surface area contributed by atoms with Crippen molar-refractivity contribution in [1.82, 2.24) is 0 Å². The average molecular weight is 241 g/mol. The number of rotatable bonds is 4. The second-order valence-corrected chi connectivity index (χ2v) is 6.54. The van der Waals surface area contributed by atoms with Crippen LogP contribution < -0.4 is 5.73 Å². The summed E-state index contributed by atoms with van der Waals surface area (Å²) in [7, 11) is -3.25. The van der Waals surface area contributed by atoms with Gasteiger partial charge in [0, 0.05) is 6.04 Å². The minimum Gasteiger partial charge on any atom is -0.327 e. The Morgan fingerprint density at radius 1 is 1.19 bits per heavy atom. The first-order valence-corrected chi connectivity index (χ1v) is 7.03. The fraction of sp³-hybridized carbons (Fsp3) is 0.500. The molecule has 1 aromatic carbocycles. The van der Waals surface area contributed by atoms with Crippen LogP contribution in [0.1, 0.15) is 19.4 Å². The van der Waals surface area contributed by atoms with Crippen molar-refractivity contribution in [1.29, 1.82) is 0 Å². The van der Waals surface area contributed by atoms with E-state index >= 15 is 0 Å².